The minimum absolute atomic E-state index is 0.0176. The van der Waals surface area contributed by atoms with E-state index in [2.05, 4.69) is 21.3 Å². The maximum absolute atomic E-state index is 13.8. The number of likely N-dealkylation sites (tertiary alicyclic amines) is 1. The minimum Gasteiger partial charge on any atom is -0.352 e. The molecule has 2 aliphatic heterocycles. The van der Waals surface area contributed by atoms with Crippen molar-refractivity contribution in [1.29, 1.82) is 0 Å². The van der Waals surface area contributed by atoms with Crippen molar-refractivity contribution in [2.24, 2.45) is 11.8 Å². The quantitative estimate of drug-likeness (QED) is 0.241. The summed E-state index contributed by atoms with van der Waals surface area (Å²) in [4.78, 5) is 81.6. The lowest BCUT2D eigenvalue weighted by Gasteiger charge is -2.34. The summed E-state index contributed by atoms with van der Waals surface area (Å²) in [5.41, 5.74) is 2.92. The molecular formula is C39H42N6O6. The van der Waals surface area contributed by atoms with Crippen LogP contribution in [-0.4, -0.2) is 96.1 Å². The van der Waals surface area contributed by atoms with Crippen LogP contribution in [0.5, 0.6) is 0 Å². The van der Waals surface area contributed by atoms with Gasteiger partial charge in [0.2, 0.25) is 23.6 Å². The van der Waals surface area contributed by atoms with E-state index < -0.39 is 23.8 Å². The molecule has 4 fully saturated rings. The van der Waals surface area contributed by atoms with E-state index in [0.717, 1.165) is 24.0 Å². The first kappa shape index (κ1) is 34.0. The molecule has 0 bridgehead atoms. The molecule has 1 unspecified atom stereocenters. The van der Waals surface area contributed by atoms with E-state index in [0.29, 0.717) is 12.1 Å². The number of carbonyl (C=O) groups is 6. The van der Waals surface area contributed by atoms with Gasteiger partial charge in [-0.05, 0) is 55.2 Å². The third kappa shape index (κ3) is 7.35. The molecule has 0 aromatic heterocycles. The van der Waals surface area contributed by atoms with Crippen molar-refractivity contribution in [2.75, 3.05) is 32.7 Å². The van der Waals surface area contributed by atoms with Crippen molar-refractivity contribution in [1.82, 2.24) is 31.1 Å². The van der Waals surface area contributed by atoms with Crippen molar-refractivity contribution in [3.05, 3.63) is 107 Å². The third-order valence-corrected chi connectivity index (χ3v) is 10.6. The van der Waals surface area contributed by atoms with Gasteiger partial charge >= 0.3 is 0 Å². The summed E-state index contributed by atoms with van der Waals surface area (Å²) >= 11 is 0. The van der Waals surface area contributed by atoms with E-state index >= 15 is 0 Å². The van der Waals surface area contributed by atoms with E-state index in [1.807, 2.05) is 60.7 Å². The maximum Gasteiger partial charge on any atom is 0.253 e. The smallest absolute Gasteiger partial charge is 0.253 e. The van der Waals surface area contributed by atoms with Crippen LogP contribution in [0.3, 0.4) is 0 Å². The van der Waals surface area contributed by atoms with Crippen molar-refractivity contribution < 1.29 is 28.8 Å². The second-order valence-corrected chi connectivity index (χ2v) is 13.9. The summed E-state index contributed by atoms with van der Waals surface area (Å²) in [6.07, 6.45) is 1.65. The Morgan fingerprint density at radius 2 is 1.24 bits per heavy atom. The van der Waals surface area contributed by atoms with Crippen LogP contribution >= 0.6 is 0 Å². The number of nitrogens with zero attached hydrogens (tertiary/aromatic N) is 2. The van der Waals surface area contributed by atoms with Gasteiger partial charge in [-0.25, -0.2) is 0 Å². The van der Waals surface area contributed by atoms with Crippen LogP contribution in [0.2, 0.25) is 0 Å². The van der Waals surface area contributed by atoms with Crippen LogP contribution in [0.25, 0.3) is 0 Å². The topological polar surface area (TPSA) is 157 Å². The van der Waals surface area contributed by atoms with Gasteiger partial charge in [0.1, 0.15) is 6.04 Å². The molecule has 2 saturated heterocycles. The summed E-state index contributed by atoms with van der Waals surface area (Å²) in [5.74, 6) is -2.77. The highest BCUT2D eigenvalue weighted by Crippen LogP contribution is 2.42. The van der Waals surface area contributed by atoms with Gasteiger partial charge in [-0.15, -0.1) is 0 Å². The zero-order chi connectivity index (χ0) is 35.6. The molecule has 12 nitrogen and oxygen atoms in total. The van der Waals surface area contributed by atoms with E-state index in [9.17, 15) is 28.8 Å². The molecule has 2 aliphatic carbocycles. The largest absolute Gasteiger partial charge is 0.352 e. The first-order valence-electron chi connectivity index (χ1n) is 17.7. The van der Waals surface area contributed by atoms with Crippen LogP contribution in [0.1, 0.15) is 63.4 Å². The Kier molecular flexibility index (Phi) is 9.57. The predicted molar refractivity (Wildman–Crippen MR) is 187 cm³/mol. The Bertz CT molecular complexity index is 1740. The third-order valence-electron chi connectivity index (χ3n) is 10.6. The molecule has 7 atom stereocenters. The zero-order valence-corrected chi connectivity index (χ0v) is 28.4. The summed E-state index contributed by atoms with van der Waals surface area (Å²) in [5, 5.41) is 11.6. The average Bonchev–Trinajstić information content (AvgIpc) is 4.07. The summed E-state index contributed by atoms with van der Waals surface area (Å²) in [7, 11) is 0. The molecule has 0 spiro atoms. The Morgan fingerprint density at radius 1 is 0.725 bits per heavy atom. The van der Waals surface area contributed by atoms with Gasteiger partial charge in [-0.2, -0.15) is 0 Å². The fourth-order valence-electron chi connectivity index (χ4n) is 7.46. The molecule has 0 radical (unpaired) electrons. The normalized spacial score (nSPS) is 26.6. The number of nitrogens with one attached hydrogen (secondary N) is 4. The molecule has 2 heterocycles. The van der Waals surface area contributed by atoms with Crippen molar-refractivity contribution in [3.63, 3.8) is 0 Å². The average molecular weight is 691 g/mol. The summed E-state index contributed by atoms with van der Waals surface area (Å²) in [6.45, 7) is 2.19. The molecule has 264 valence electrons. The zero-order valence-electron chi connectivity index (χ0n) is 28.4. The number of amides is 6. The highest BCUT2D eigenvalue weighted by atomic mass is 16.2. The first-order chi connectivity index (χ1) is 24.7. The summed E-state index contributed by atoms with van der Waals surface area (Å²) in [6, 6.07) is 25.3. The molecule has 4 aliphatic rings. The summed E-state index contributed by atoms with van der Waals surface area (Å²) < 4.78 is 0. The van der Waals surface area contributed by atoms with Crippen molar-refractivity contribution >= 4 is 35.4 Å². The van der Waals surface area contributed by atoms with Crippen LogP contribution in [-0.2, 0) is 19.2 Å². The molecule has 51 heavy (non-hydrogen) atoms. The monoisotopic (exact) mass is 690 g/mol. The molecule has 12 heteroatoms. The van der Waals surface area contributed by atoms with Crippen molar-refractivity contribution in [3.8, 4) is 0 Å². The van der Waals surface area contributed by atoms with Gasteiger partial charge in [0.25, 0.3) is 11.8 Å². The highest BCUT2D eigenvalue weighted by Gasteiger charge is 2.49. The lowest BCUT2D eigenvalue weighted by Crippen LogP contribution is -2.61. The molecule has 7 rings (SSSR count). The van der Waals surface area contributed by atoms with Gasteiger partial charge in [0.15, 0.2) is 0 Å². The van der Waals surface area contributed by atoms with E-state index in [4.69, 9.17) is 0 Å². The fourth-order valence-corrected chi connectivity index (χ4v) is 7.46. The van der Waals surface area contributed by atoms with Gasteiger partial charge in [-0.3, -0.25) is 28.8 Å². The number of rotatable bonds is 11. The number of benzene rings is 3. The SMILES string of the molecule is CCN1C(=O)CNC(=O)[C@@H]1CNC(=O)c1ccc(C(=O)N2C[C@@H](C(=O)NC3C[C@@H]3c3ccccc3)[C@H](C(=O)N[C@H]3C[C@@H]3c3ccccc3)C2)cc1. The number of carbonyl (C=O) groups excluding carboxylic acids is 6. The molecule has 2 saturated carbocycles. The molecule has 3 aromatic carbocycles. The second kappa shape index (κ2) is 14.4. The Morgan fingerprint density at radius 3 is 1.75 bits per heavy atom. The molecular weight excluding hydrogens is 648 g/mol. The lowest BCUT2D eigenvalue weighted by molar-refractivity contribution is -0.145. The number of piperazine rings is 1. The van der Waals surface area contributed by atoms with Crippen LogP contribution < -0.4 is 21.3 Å². The standard InChI is InChI=1S/C39H42N6O6/c1-2-45-33(38(50)41-20-34(45)46)19-40-35(47)25-13-15-26(16-14-25)39(51)44-21-29(36(48)42-31-17-27(31)23-9-5-3-6-10-23)30(22-44)37(49)43-32-18-28(32)24-11-7-4-8-12-24/h3-16,27-33H,2,17-22H2,1H3,(H,40,47)(H,41,50)(H,42,48)(H,43,49)/t27-,28-,29-,30-,31+,32?,33+/m1/s1. The highest BCUT2D eigenvalue weighted by molar-refractivity contribution is 6.00. The van der Waals surface area contributed by atoms with Gasteiger partial charge in [0, 0.05) is 61.2 Å². The molecule has 4 N–H and O–H groups in total. The van der Waals surface area contributed by atoms with E-state index in [1.165, 1.54) is 29.2 Å². The lowest BCUT2D eigenvalue weighted by atomic mass is 9.94. The van der Waals surface area contributed by atoms with Crippen molar-refractivity contribution in [2.45, 2.75) is 49.7 Å². The van der Waals surface area contributed by atoms with Crippen LogP contribution in [0.15, 0.2) is 84.9 Å². The maximum atomic E-state index is 13.8. The number of likely N-dealkylation sites (N-methyl/N-ethyl adjacent to an activating group) is 1. The van der Waals surface area contributed by atoms with E-state index in [-0.39, 0.29) is 85.2 Å². The molecule has 3 aromatic rings. The first-order valence-corrected chi connectivity index (χ1v) is 17.7. The molecule has 6 amide bonds. The fraction of sp³-hybridized carbons (Fsp3) is 0.385. The second-order valence-electron chi connectivity index (χ2n) is 13.9. The van der Waals surface area contributed by atoms with Gasteiger partial charge < -0.3 is 31.1 Å². The number of hydrogen-bond donors (Lipinski definition) is 4. The van der Waals surface area contributed by atoms with Gasteiger partial charge in [0.05, 0.1) is 18.4 Å². The predicted octanol–water partition coefficient (Wildman–Crippen LogP) is 1.80. The Hall–Kier alpha value is -5.52. The minimum atomic E-state index is -0.806. The van der Waals surface area contributed by atoms with Gasteiger partial charge in [-0.1, -0.05) is 60.7 Å². The Labute approximate surface area is 296 Å². The van der Waals surface area contributed by atoms with E-state index in [1.54, 1.807) is 11.8 Å². The Balaban J connectivity index is 1.000. The number of hydrogen-bond acceptors (Lipinski definition) is 6. The van der Waals surface area contributed by atoms with Crippen LogP contribution in [0, 0.1) is 11.8 Å². The van der Waals surface area contributed by atoms with Crippen LogP contribution in [0.4, 0.5) is 0 Å².